The van der Waals surface area contributed by atoms with Gasteiger partial charge in [-0.25, -0.2) is 0 Å². The number of rotatable bonds is 6. The Morgan fingerprint density at radius 3 is 2.96 bits per heavy atom. The van der Waals surface area contributed by atoms with Gasteiger partial charge < -0.3 is 14.3 Å². The van der Waals surface area contributed by atoms with Crippen LogP contribution in [0.5, 0.6) is 0 Å². The maximum absolute atomic E-state index is 12.3. The molecule has 0 unspecified atom stereocenters. The molecule has 142 valence electrons. The van der Waals surface area contributed by atoms with Crippen LogP contribution in [-0.4, -0.2) is 38.2 Å². The molecule has 7 nitrogen and oxygen atoms in total. The number of aromatic nitrogens is 3. The van der Waals surface area contributed by atoms with Crippen LogP contribution in [0.1, 0.15) is 40.2 Å². The van der Waals surface area contributed by atoms with Crippen LogP contribution < -0.4 is 5.32 Å². The monoisotopic (exact) mass is 367 g/mol. The van der Waals surface area contributed by atoms with E-state index in [0.29, 0.717) is 12.2 Å². The second-order valence-corrected chi connectivity index (χ2v) is 7.15. The summed E-state index contributed by atoms with van der Waals surface area (Å²) in [5, 5.41) is 7.52. The minimum Gasteiger partial charge on any atom is -0.465 e. The van der Waals surface area contributed by atoms with Gasteiger partial charge in [-0.15, -0.1) is 0 Å². The summed E-state index contributed by atoms with van der Waals surface area (Å²) < 4.78 is 9.66. The van der Waals surface area contributed by atoms with Crippen molar-refractivity contribution in [3.63, 3.8) is 0 Å². The number of carbonyl (C=O) groups excluding carboxylic acids is 1. The third kappa shape index (κ3) is 3.83. The zero-order chi connectivity index (χ0) is 18.8. The van der Waals surface area contributed by atoms with E-state index in [2.05, 4.69) is 26.1 Å². The smallest absolute Gasteiger partial charge is 0.267 e. The zero-order valence-corrected chi connectivity index (χ0v) is 15.8. The summed E-state index contributed by atoms with van der Waals surface area (Å²) in [4.78, 5) is 14.7. The van der Waals surface area contributed by atoms with Crippen LogP contribution in [0.15, 0.2) is 47.1 Å². The second-order valence-electron chi connectivity index (χ2n) is 7.15. The van der Waals surface area contributed by atoms with E-state index < -0.39 is 0 Å². The summed E-state index contributed by atoms with van der Waals surface area (Å²) in [5.74, 6) is 1.88. The molecule has 1 aliphatic heterocycles. The number of fused-ring (bicyclic) bond motifs is 1. The van der Waals surface area contributed by atoms with Crippen molar-refractivity contribution >= 4 is 5.91 Å². The van der Waals surface area contributed by atoms with Gasteiger partial charge in [0.05, 0.1) is 18.3 Å². The molecule has 1 amide bonds. The van der Waals surface area contributed by atoms with Gasteiger partial charge in [0.15, 0.2) is 0 Å². The molecule has 0 fully saturated rings. The Hall–Kier alpha value is -2.80. The highest BCUT2D eigenvalue weighted by molar-refractivity contribution is 5.92. The average molecular weight is 367 g/mol. The Morgan fingerprint density at radius 1 is 1.33 bits per heavy atom. The molecule has 0 saturated carbocycles. The predicted molar refractivity (Wildman–Crippen MR) is 101 cm³/mol. The summed E-state index contributed by atoms with van der Waals surface area (Å²) in [6, 6.07) is 10.0. The van der Waals surface area contributed by atoms with Gasteiger partial charge in [-0.2, -0.15) is 5.10 Å². The van der Waals surface area contributed by atoms with Gasteiger partial charge in [0, 0.05) is 39.1 Å². The Balaban J connectivity index is 1.38. The lowest BCUT2D eigenvalue weighted by atomic mass is 10.1. The van der Waals surface area contributed by atoms with Crippen LogP contribution in [0.4, 0.5) is 0 Å². The van der Waals surface area contributed by atoms with Crippen molar-refractivity contribution in [2.45, 2.75) is 32.5 Å². The third-order valence-electron chi connectivity index (χ3n) is 5.07. The van der Waals surface area contributed by atoms with Crippen LogP contribution in [0.25, 0.3) is 0 Å². The highest BCUT2D eigenvalue weighted by Gasteiger charge is 2.26. The van der Waals surface area contributed by atoms with Crippen molar-refractivity contribution in [2.75, 3.05) is 13.1 Å². The first-order chi connectivity index (χ1) is 13.1. The minimum absolute atomic E-state index is 0.0399. The third-order valence-corrected chi connectivity index (χ3v) is 5.07. The zero-order valence-electron chi connectivity index (χ0n) is 15.8. The SMILES string of the molecule is Cc1ccc(CN2Cc3ccnn3[C@H](CCNC(=O)c3cccn3C)C2)o1. The lowest BCUT2D eigenvalue weighted by molar-refractivity contribution is 0.0938. The van der Waals surface area contributed by atoms with E-state index in [1.807, 2.05) is 55.2 Å². The Morgan fingerprint density at radius 2 is 2.22 bits per heavy atom. The van der Waals surface area contributed by atoms with Gasteiger partial charge in [0.25, 0.3) is 5.91 Å². The topological polar surface area (TPSA) is 68.2 Å². The molecule has 1 atom stereocenters. The second kappa shape index (κ2) is 7.44. The van der Waals surface area contributed by atoms with Crippen LogP contribution in [0.2, 0.25) is 0 Å². The lowest BCUT2D eigenvalue weighted by Gasteiger charge is -2.33. The van der Waals surface area contributed by atoms with Gasteiger partial charge in [-0.05, 0) is 43.7 Å². The van der Waals surface area contributed by atoms with Crippen LogP contribution >= 0.6 is 0 Å². The predicted octanol–water partition coefficient (Wildman–Crippen LogP) is 2.50. The van der Waals surface area contributed by atoms with Crippen LogP contribution in [-0.2, 0) is 20.1 Å². The number of hydrogen-bond donors (Lipinski definition) is 1. The number of amides is 1. The van der Waals surface area contributed by atoms with Crippen molar-refractivity contribution in [3.8, 4) is 0 Å². The number of aryl methyl sites for hydroxylation is 2. The lowest BCUT2D eigenvalue weighted by Crippen LogP contribution is -2.39. The molecule has 0 spiro atoms. The van der Waals surface area contributed by atoms with Crippen molar-refractivity contribution in [3.05, 3.63) is 65.6 Å². The van der Waals surface area contributed by atoms with Crippen LogP contribution in [0, 0.1) is 6.92 Å². The summed E-state index contributed by atoms with van der Waals surface area (Å²) in [6.07, 6.45) is 4.56. The van der Waals surface area contributed by atoms with Gasteiger partial charge in [-0.1, -0.05) is 0 Å². The van der Waals surface area contributed by atoms with E-state index in [9.17, 15) is 4.79 Å². The molecule has 27 heavy (non-hydrogen) atoms. The van der Waals surface area contributed by atoms with E-state index in [1.165, 1.54) is 5.69 Å². The molecule has 4 rings (SSSR count). The summed E-state index contributed by atoms with van der Waals surface area (Å²) in [6.45, 7) is 5.10. The number of hydrogen-bond acceptors (Lipinski definition) is 4. The van der Waals surface area contributed by atoms with E-state index in [0.717, 1.165) is 37.6 Å². The minimum atomic E-state index is -0.0399. The quantitative estimate of drug-likeness (QED) is 0.727. The van der Waals surface area contributed by atoms with Crippen molar-refractivity contribution in [1.82, 2.24) is 24.6 Å². The van der Waals surface area contributed by atoms with E-state index >= 15 is 0 Å². The molecule has 1 N–H and O–H groups in total. The molecule has 7 heteroatoms. The first-order valence-corrected chi connectivity index (χ1v) is 9.30. The molecular weight excluding hydrogens is 342 g/mol. The molecule has 3 aromatic rings. The largest absolute Gasteiger partial charge is 0.465 e. The molecule has 0 aromatic carbocycles. The Labute approximate surface area is 158 Å². The number of carbonyl (C=O) groups is 1. The number of nitrogens with one attached hydrogen (secondary N) is 1. The number of furan rings is 1. The standard InChI is InChI=1S/C20H25N5O2/c1-15-5-6-18(27-15)14-24-12-16(25-17(13-24)8-10-22-25)7-9-21-20(26)19-4-3-11-23(19)2/h3-6,8,10-11,16H,7,9,12-14H2,1-2H3,(H,21,26)/t16-/m1/s1. The molecule has 4 heterocycles. The fraction of sp³-hybridized carbons (Fsp3) is 0.400. The maximum Gasteiger partial charge on any atom is 0.267 e. The summed E-state index contributed by atoms with van der Waals surface area (Å²) in [5.41, 5.74) is 1.87. The molecule has 0 bridgehead atoms. The van der Waals surface area contributed by atoms with Crippen LogP contribution in [0.3, 0.4) is 0 Å². The van der Waals surface area contributed by atoms with E-state index in [4.69, 9.17) is 4.42 Å². The normalized spacial score (nSPS) is 17.0. The van der Waals surface area contributed by atoms with Gasteiger partial charge >= 0.3 is 0 Å². The van der Waals surface area contributed by atoms with Crippen molar-refractivity contribution in [2.24, 2.45) is 7.05 Å². The first kappa shape index (κ1) is 17.6. The molecule has 0 aliphatic carbocycles. The summed E-state index contributed by atoms with van der Waals surface area (Å²) in [7, 11) is 1.88. The molecular formula is C20H25N5O2. The van der Waals surface area contributed by atoms with E-state index in [-0.39, 0.29) is 11.9 Å². The van der Waals surface area contributed by atoms with Gasteiger partial charge in [-0.3, -0.25) is 14.4 Å². The van der Waals surface area contributed by atoms with E-state index in [1.54, 1.807) is 0 Å². The fourth-order valence-electron chi connectivity index (χ4n) is 3.73. The van der Waals surface area contributed by atoms with Gasteiger partial charge in [0.1, 0.15) is 17.2 Å². The maximum atomic E-state index is 12.3. The molecule has 0 saturated heterocycles. The highest BCUT2D eigenvalue weighted by atomic mass is 16.3. The first-order valence-electron chi connectivity index (χ1n) is 9.30. The molecule has 3 aromatic heterocycles. The average Bonchev–Trinajstić information content (AvgIpc) is 3.36. The van der Waals surface area contributed by atoms with Gasteiger partial charge in [0.2, 0.25) is 0 Å². The van der Waals surface area contributed by atoms with Crippen molar-refractivity contribution in [1.29, 1.82) is 0 Å². The number of nitrogens with zero attached hydrogens (tertiary/aromatic N) is 4. The highest BCUT2D eigenvalue weighted by Crippen LogP contribution is 2.24. The Kier molecular flexibility index (Phi) is 4.85. The Bertz CT molecular complexity index is 922. The molecule has 1 aliphatic rings. The van der Waals surface area contributed by atoms with Crippen molar-refractivity contribution < 1.29 is 9.21 Å². The summed E-state index contributed by atoms with van der Waals surface area (Å²) >= 11 is 0. The fourth-order valence-corrected chi connectivity index (χ4v) is 3.73. The molecule has 0 radical (unpaired) electrons.